The molecule has 0 saturated heterocycles. The van der Waals surface area contributed by atoms with Gasteiger partial charge in [0.1, 0.15) is 5.76 Å². The van der Waals surface area contributed by atoms with E-state index in [1.807, 2.05) is 24.4 Å². The Balaban J connectivity index is 1.59. The van der Waals surface area contributed by atoms with Gasteiger partial charge in [0.2, 0.25) is 0 Å². The monoisotopic (exact) mass is 320 g/mol. The molecule has 118 valence electrons. The molecule has 0 spiro atoms. The highest BCUT2D eigenvalue weighted by Gasteiger charge is 2.11. The van der Waals surface area contributed by atoms with E-state index in [2.05, 4.69) is 25.7 Å². The number of benzene rings is 1. The number of rotatable bonds is 3. The molecule has 8 heteroatoms. The van der Waals surface area contributed by atoms with Crippen molar-refractivity contribution < 1.29 is 9.32 Å². The Kier molecular flexibility index (Phi) is 3.27. The molecule has 3 heterocycles. The van der Waals surface area contributed by atoms with Crippen molar-refractivity contribution in [2.45, 2.75) is 6.92 Å². The second-order valence-corrected chi connectivity index (χ2v) is 5.17. The SMILES string of the molecule is Cc1cc(NC(=O)c2ccc(-c3nnc4ncccn34)cc2)no1. The van der Waals surface area contributed by atoms with Crippen LogP contribution in [0.15, 0.2) is 53.3 Å². The number of hydrogen-bond donors (Lipinski definition) is 1. The number of aromatic nitrogens is 5. The molecule has 3 aromatic heterocycles. The summed E-state index contributed by atoms with van der Waals surface area (Å²) in [7, 11) is 0. The highest BCUT2D eigenvalue weighted by atomic mass is 16.5. The van der Waals surface area contributed by atoms with Crippen molar-refractivity contribution >= 4 is 17.5 Å². The molecule has 0 aliphatic rings. The van der Waals surface area contributed by atoms with Gasteiger partial charge >= 0.3 is 0 Å². The quantitative estimate of drug-likeness (QED) is 0.622. The average Bonchev–Trinajstić information content (AvgIpc) is 3.21. The third-order valence-electron chi connectivity index (χ3n) is 3.46. The Morgan fingerprint density at radius 3 is 2.79 bits per heavy atom. The Bertz CT molecular complexity index is 1020. The lowest BCUT2D eigenvalue weighted by Gasteiger charge is -2.03. The number of nitrogens with one attached hydrogen (secondary N) is 1. The Hall–Kier alpha value is -3.55. The molecular weight excluding hydrogens is 308 g/mol. The van der Waals surface area contributed by atoms with Crippen molar-refractivity contribution in [2.24, 2.45) is 0 Å². The van der Waals surface area contributed by atoms with Gasteiger partial charge in [-0.05, 0) is 25.1 Å². The van der Waals surface area contributed by atoms with Crippen LogP contribution in [-0.4, -0.2) is 30.6 Å². The molecule has 8 nitrogen and oxygen atoms in total. The summed E-state index contributed by atoms with van der Waals surface area (Å²) in [6.45, 7) is 1.76. The highest BCUT2D eigenvalue weighted by Crippen LogP contribution is 2.18. The van der Waals surface area contributed by atoms with E-state index in [-0.39, 0.29) is 5.91 Å². The summed E-state index contributed by atoms with van der Waals surface area (Å²) in [6.07, 6.45) is 3.50. The molecule has 0 aliphatic heterocycles. The summed E-state index contributed by atoms with van der Waals surface area (Å²) in [4.78, 5) is 16.3. The first-order chi connectivity index (χ1) is 11.7. The van der Waals surface area contributed by atoms with Crippen molar-refractivity contribution in [1.29, 1.82) is 0 Å². The fourth-order valence-corrected chi connectivity index (χ4v) is 2.32. The lowest BCUT2D eigenvalue weighted by molar-refractivity contribution is 0.102. The molecule has 1 amide bonds. The first-order valence-corrected chi connectivity index (χ1v) is 7.21. The largest absolute Gasteiger partial charge is 0.360 e. The smallest absolute Gasteiger partial charge is 0.256 e. The molecule has 24 heavy (non-hydrogen) atoms. The molecule has 0 saturated carbocycles. The number of anilines is 1. The lowest BCUT2D eigenvalue weighted by atomic mass is 10.1. The van der Waals surface area contributed by atoms with Gasteiger partial charge in [-0.15, -0.1) is 10.2 Å². The molecule has 0 atom stereocenters. The van der Waals surface area contributed by atoms with E-state index in [0.29, 0.717) is 28.7 Å². The standard InChI is InChI=1S/C16H12N6O2/c1-10-9-13(21-24-10)18-15(23)12-5-3-11(4-6-12)14-19-20-16-17-7-2-8-22(14)16/h2-9H,1H3,(H,18,21,23). The predicted octanol–water partition coefficient (Wildman–Crippen LogP) is 2.34. The van der Waals surface area contributed by atoms with Gasteiger partial charge in [-0.1, -0.05) is 17.3 Å². The van der Waals surface area contributed by atoms with Crippen LogP contribution in [0.25, 0.3) is 17.2 Å². The Labute approximate surface area is 136 Å². The third kappa shape index (κ3) is 2.50. The van der Waals surface area contributed by atoms with Crippen LogP contribution in [-0.2, 0) is 0 Å². The first-order valence-electron chi connectivity index (χ1n) is 7.21. The number of hydrogen-bond acceptors (Lipinski definition) is 6. The van der Waals surface area contributed by atoms with Crippen LogP contribution in [0.2, 0.25) is 0 Å². The molecule has 0 unspecified atom stereocenters. The van der Waals surface area contributed by atoms with Gasteiger partial charge in [0.15, 0.2) is 11.6 Å². The van der Waals surface area contributed by atoms with Crippen molar-refractivity contribution in [3.63, 3.8) is 0 Å². The molecular formula is C16H12N6O2. The topological polar surface area (TPSA) is 98.2 Å². The summed E-state index contributed by atoms with van der Waals surface area (Å²) in [5, 5.41) is 14.6. The van der Waals surface area contributed by atoms with Crippen molar-refractivity contribution in [2.75, 3.05) is 5.32 Å². The Morgan fingerprint density at radius 2 is 2.04 bits per heavy atom. The minimum Gasteiger partial charge on any atom is -0.360 e. The van der Waals surface area contributed by atoms with E-state index in [9.17, 15) is 4.79 Å². The summed E-state index contributed by atoms with van der Waals surface area (Å²) in [5.74, 6) is 1.94. The van der Waals surface area contributed by atoms with Gasteiger partial charge in [0.05, 0.1) is 0 Å². The van der Waals surface area contributed by atoms with Crippen LogP contribution in [0.1, 0.15) is 16.1 Å². The van der Waals surface area contributed by atoms with Gasteiger partial charge in [-0.3, -0.25) is 9.20 Å². The van der Waals surface area contributed by atoms with E-state index in [0.717, 1.165) is 5.56 Å². The van der Waals surface area contributed by atoms with Gasteiger partial charge in [-0.25, -0.2) is 4.98 Å². The number of carbonyl (C=O) groups is 1. The maximum Gasteiger partial charge on any atom is 0.256 e. The maximum atomic E-state index is 12.2. The van der Waals surface area contributed by atoms with Gasteiger partial charge < -0.3 is 9.84 Å². The Morgan fingerprint density at radius 1 is 1.21 bits per heavy atom. The van der Waals surface area contributed by atoms with Gasteiger partial charge in [0, 0.05) is 29.6 Å². The minimum absolute atomic E-state index is 0.261. The molecule has 4 aromatic rings. The molecule has 0 fully saturated rings. The molecule has 0 aliphatic carbocycles. The number of nitrogens with zero attached hydrogens (tertiary/aromatic N) is 5. The third-order valence-corrected chi connectivity index (χ3v) is 3.46. The fourth-order valence-electron chi connectivity index (χ4n) is 2.32. The van der Waals surface area contributed by atoms with Crippen LogP contribution in [0, 0.1) is 6.92 Å². The zero-order chi connectivity index (χ0) is 16.5. The van der Waals surface area contributed by atoms with E-state index in [4.69, 9.17) is 4.52 Å². The van der Waals surface area contributed by atoms with E-state index < -0.39 is 0 Å². The number of amides is 1. The zero-order valence-corrected chi connectivity index (χ0v) is 12.7. The summed E-state index contributed by atoms with van der Waals surface area (Å²) < 4.78 is 6.71. The summed E-state index contributed by atoms with van der Waals surface area (Å²) in [6, 6.07) is 10.5. The average molecular weight is 320 g/mol. The van der Waals surface area contributed by atoms with Crippen LogP contribution in [0.4, 0.5) is 5.82 Å². The predicted molar refractivity (Wildman–Crippen MR) is 85.4 cm³/mol. The molecule has 1 aromatic carbocycles. The normalized spacial score (nSPS) is 10.9. The summed E-state index contributed by atoms with van der Waals surface area (Å²) >= 11 is 0. The fraction of sp³-hybridized carbons (Fsp3) is 0.0625. The van der Waals surface area contributed by atoms with E-state index in [1.54, 1.807) is 35.7 Å². The van der Waals surface area contributed by atoms with Crippen molar-refractivity contribution in [1.82, 2.24) is 24.7 Å². The summed E-state index contributed by atoms with van der Waals surface area (Å²) in [5.41, 5.74) is 1.34. The van der Waals surface area contributed by atoms with Crippen LogP contribution < -0.4 is 5.32 Å². The zero-order valence-electron chi connectivity index (χ0n) is 12.7. The first kappa shape index (κ1) is 14.1. The van der Waals surface area contributed by atoms with Crippen molar-refractivity contribution in [3.8, 4) is 11.4 Å². The lowest BCUT2D eigenvalue weighted by Crippen LogP contribution is -2.11. The molecule has 0 bridgehead atoms. The second kappa shape index (κ2) is 5.58. The molecule has 4 rings (SSSR count). The van der Waals surface area contributed by atoms with Gasteiger partial charge in [0.25, 0.3) is 11.7 Å². The molecule has 0 radical (unpaired) electrons. The minimum atomic E-state index is -0.261. The molecule has 1 N–H and O–H groups in total. The van der Waals surface area contributed by atoms with E-state index in [1.165, 1.54) is 0 Å². The van der Waals surface area contributed by atoms with Crippen LogP contribution >= 0.6 is 0 Å². The van der Waals surface area contributed by atoms with Crippen LogP contribution in [0.3, 0.4) is 0 Å². The van der Waals surface area contributed by atoms with Gasteiger partial charge in [-0.2, -0.15) is 0 Å². The van der Waals surface area contributed by atoms with Crippen molar-refractivity contribution in [3.05, 3.63) is 60.1 Å². The number of aryl methyl sites for hydroxylation is 1. The number of carbonyl (C=O) groups excluding carboxylic acids is 1. The van der Waals surface area contributed by atoms with Crippen LogP contribution in [0.5, 0.6) is 0 Å². The maximum absolute atomic E-state index is 12.2. The number of fused-ring (bicyclic) bond motifs is 1. The highest BCUT2D eigenvalue weighted by molar-refractivity contribution is 6.03. The second-order valence-electron chi connectivity index (χ2n) is 5.17. The van der Waals surface area contributed by atoms with E-state index >= 15 is 0 Å².